The Balaban J connectivity index is 1.20. The molecule has 2 aliphatic rings. The number of aldehydes is 1. The first kappa shape index (κ1) is 34.1. The van der Waals surface area contributed by atoms with E-state index in [1.807, 2.05) is 4.68 Å². The van der Waals surface area contributed by atoms with Crippen LogP contribution in [0.1, 0.15) is 62.2 Å². The van der Waals surface area contributed by atoms with Crippen LogP contribution in [0, 0.1) is 11.7 Å². The zero-order valence-corrected chi connectivity index (χ0v) is 28.1. The fourth-order valence-electron chi connectivity index (χ4n) is 6.43. The first-order valence-electron chi connectivity index (χ1n) is 15.6. The van der Waals surface area contributed by atoms with Crippen molar-refractivity contribution < 1.29 is 33.0 Å². The van der Waals surface area contributed by atoms with Crippen LogP contribution in [0.4, 0.5) is 15.8 Å². The highest BCUT2D eigenvalue weighted by Gasteiger charge is 2.36. The van der Waals surface area contributed by atoms with E-state index < -0.39 is 17.6 Å². The van der Waals surface area contributed by atoms with Gasteiger partial charge in [-0.15, -0.1) is 0 Å². The third-order valence-corrected chi connectivity index (χ3v) is 9.72. The van der Waals surface area contributed by atoms with Crippen molar-refractivity contribution in [2.75, 3.05) is 37.9 Å². The Hall–Kier alpha value is -4.78. The Kier molecular flexibility index (Phi) is 10.00. The van der Waals surface area contributed by atoms with Gasteiger partial charge in [-0.25, -0.2) is 4.39 Å². The number of fused-ring (bicyclic) bond motifs is 1. The molecular formula is C35H32Cl2FN5O6. The summed E-state index contributed by atoms with van der Waals surface area (Å²) in [6.45, 7) is 2.04. The van der Waals surface area contributed by atoms with Crippen molar-refractivity contribution in [3.05, 3.63) is 93.0 Å². The molecule has 6 rings (SSSR count). The Bertz CT molecular complexity index is 1970. The molecule has 14 heteroatoms. The number of halogens is 3. The van der Waals surface area contributed by atoms with Crippen molar-refractivity contribution in [1.82, 2.24) is 14.7 Å². The van der Waals surface area contributed by atoms with E-state index in [2.05, 4.69) is 20.6 Å². The van der Waals surface area contributed by atoms with E-state index in [9.17, 15) is 23.6 Å². The smallest absolute Gasteiger partial charge is 0.310 e. The average Bonchev–Trinajstić information content (AvgIpc) is 3.78. The number of carbonyl (C=O) groups is 4. The molecule has 254 valence electrons. The number of nitrogens with one attached hydrogen (secondary N) is 2. The molecule has 0 bridgehead atoms. The molecule has 1 fully saturated rings. The topological polar surface area (TPSA) is 132 Å². The fourth-order valence-corrected chi connectivity index (χ4v) is 6.98. The van der Waals surface area contributed by atoms with Gasteiger partial charge in [-0.1, -0.05) is 47.5 Å². The van der Waals surface area contributed by atoms with E-state index in [0.717, 1.165) is 37.6 Å². The molecule has 1 aromatic heterocycles. The van der Waals surface area contributed by atoms with Crippen LogP contribution in [0.2, 0.25) is 10.0 Å². The lowest BCUT2D eigenvalue weighted by atomic mass is 10.0. The molecule has 3 heterocycles. The second-order valence-corrected chi connectivity index (χ2v) is 12.5. The number of methoxy groups -OCH3 is 2. The van der Waals surface area contributed by atoms with Crippen LogP contribution in [-0.2, 0) is 16.1 Å². The standard InChI is InChI=1S/C35H32Cl2FN5O6/c1-48-30-15-20(14-24(38)23(30)18-44)33(45)39-25-8-3-6-21(31(25)36)22-7-4-9-26(32(22)37)40-34(46)27-16-29-28(10-5-12-43(29)41-27)42-13-11-19(17-42)35(47)49-2/h3-4,6-9,14-16,18-19,28H,5,10-13,17H2,1-2H3,(H,39,45)(H,40,46)/t19-,28?/m1/s1. The molecule has 0 spiro atoms. The van der Waals surface area contributed by atoms with Crippen LogP contribution >= 0.6 is 23.2 Å². The van der Waals surface area contributed by atoms with Gasteiger partial charge in [0.15, 0.2) is 12.0 Å². The minimum Gasteiger partial charge on any atom is -0.496 e. The Morgan fingerprint density at radius 3 is 2.24 bits per heavy atom. The molecule has 0 radical (unpaired) electrons. The second kappa shape index (κ2) is 14.4. The van der Waals surface area contributed by atoms with Crippen molar-refractivity contribution in [3.8, 4) is 16.9 Å². The summed E-state index contributed by atoms with van der Waals surface area (Å²) in [7, 11) is 2.67. The van der Waals surface area contributed by atoms with Crippen molar-refractivity contribution >= 4 is 58.6 Å². The molecule has 2 amide bonds. The third kappa shape index (κ3) is 6.76. The van der Waals surface area contributed by atoms with Crippen LogP contribution in [0.25, 0.3) is 11.1 Å². The lowest BCUT2D eigenvalue weighted by Gasteiger charge is -2.31. The third-order valence-electron chi connectivity index (χ3n) is 8.90. The number of benzene rings is 3. The predicted molar refractivity (Wildman–Crippen MR) is 182 cm³/mol. The van der Waals surface area contributed by atoms with E-state index in [0.29, 0.717) is 36.2 Å². The zero-order valence-electron chi connectivity index (χ0n) is 26.6. The number of esters is 1. The number of nitrogens with zero attached hydrogens (tertiary/aromatic N) is 3. The van der Waals surface area contributed by atoms with Crippen LogP contribution in [0.3, 0.4) is 0 Å². The Morgan fingerprint density at radius 2 is 1.61 bits per heavy atom. The number of aromatic nitrogens is 2. The van der Waals surface area contributed by atoms with E-state index in [-0.39, 0.29) is 56.2 Å². The molecule has 49 heavy (non-hydrogen) atoms. The molecule has 1 unspecified atom stereocenters. The predicted octanol–water partition coefficient (Wildman–Crippen LogP) is 6.65. The van der Waals surface area contributed by atoms with Gasteiger partial charge in [0.05, 0.1) is 58.9 Å². The molecule has 4 aromatic rings. The fraction of sp³-hybridized carbons (Fsp3) is 0.286. The van der Waals surface area contributed by atoms with Gasteiger partial charge in [-0.3, -0.25) is 28.8 Å². The van der Waals surface area contributed by atoms with Gasteiger partial charge >= 0.3 is 5.97 Å². The zero-order chi connectivity index (χ0) is 34.8. The van der Waals surface area contributed by atoms with E-state index in [1.165, 1.54) is 20.3 Å². The van der Waals surface area contributed by atoms with Crippen molar-refractivity contribution in [2.45, 2.75) is 31.8 Å². The summed E-state index contributed by atoms with van der Waals surface area (Å²) in [6, 6.07) is 14.1. The maximum absolute atomic E-state index is 14.4. The largest absolute Gasteiger partial charge is 0.496 e. The highest BCUT2D eigenvalue weighted by Crippen LogP contribution is 2.41. The average molecular weight is 709 g/mol. The van der Waals surface area contributed by atoms with Crippen LogP contribution in [0.15, 0.2) is 54.6 Å². The highest BCUT2D eigenvalue weighted by molar-refractivity contribution is 6.40. The molecule has 2 atom stereocenters. The van der Waals surface area contributed by atoms with Gasteiger partial charge in [0.2, 0.25) is 0 Å². The maximum atomic E-state index is 14.4. The van der Waals surface area contributed by atoms with Crippen molar-refractivity contribution in [3.63, 3.8) is 0 Å². The lowest BCUT2D eigenvalue weighted by molar-refractivity contribution is -0.145. The number of ether oxygens (including phenoxy) is 2. The van der Waals surface area contributed by atoms with Gasteiger partial charge in [-0.2, -0.15) is 5.10 Å². The number of anilines is 2. The number of likely N-dealkylation sites (tertiary alicyclic amines) is 1. The van der Waals surface area contributed by atoms with E-state index in [4.69, 9.17) is 32.7 Å². The van der Waals surface area contributed by atoms with E-state index >= 15 is 0 Å². The summed E-state index contributed by atoms with van der Waals surface area (Å²) in [4.78, 5) is 52.1. The normalized spacial score (nSPS) is 17.2. The first-order valence-corrected chi connectivity index (χ1v) is 16.3. The second-order valence-electron chi connectivity index (χ2n) is 11.8. The molecule has 2 aliphatic heterocycles. The Labute approximate surface area is 291 Å². The molecule has 0 saturated carbocycles. The lowest BCUT2D eigenvalue weighted by Crippen LogP contribution is -2.32. The SMILES string of the molecule is COC(=O)[C@@H]1CCN(C2CCCn3nc(C(=O)Nc4cccc(-c5cccc(NC(=O)c6cc(F)c(C=O)c(OC)c6)c5Cl)c4Cl)cc32)C1. The maximum Gasteiger partial charge on any atom is 0.310 e. The van der Waals surface area contributed by atoms with Crippen molar-refractivity contribution in [1.29, 1.82) is 0 Å². The number of carbonyl (C=O) groups excluding carboxylic acids is 4. The van der Waals surface area contributed by atoms with Crippen molar-refractivity contribution in [2.24, 2.45) is 5.92 Å². The van der Waals surface area contributed by atoms with Gasteiger partial charge in [-0.05, 0) is 56.1 Å². The number of aryl methyl sites for hydroxylation is 1. The minimum absolute atomic E-state index is 0.0380. The quantitative estimate of drug-likeness (QED) is 0.146. The van der Waals surface area contributed by atoms with Gasteiger partial charge < -0.3 is 20.1 Å². The minimum atomic E-state index is -0.902. The molecule has 11 nitrogen and oxygen atoms in total. The number of rotatable bonds is 9. The highest BCUT2D eigenvalue weighted by atomic mass is 35.5. The summed E-state index contributed by atoms with van der Waals surface area (Å²) >= 11 is 13.6. The molecular weight excluding hydrogens is 676 g/mol. The Morgan fingerprint density at radius 1 is 0.939 bits per heavy atom. The summed E-state index contributed by atoms with van der Waals surface area (Å²) in [5.41, 5.74) is 2.30. The molecule has 2 N–H and O–H groups in total. The van der Waals surface area contributed by atoms with Crippen LogP contribution < -0.4 is 15.4 Å². The monoisotopic (exact) mass is 707 g/mol. The molecule has 1 saturated heterocycles. The molecule has 0 aliphatic carbocycles. The number of amides is 2. The van der Waals surface area contributed by atoms with E-state index in [1.54, 1.807) is 42.5 Å². The van der Waals surface area contributed by atoms with Crippen LogP contribution in [0.5, 0.6) is 5.75 Å². The van der Waals surface area contributed by atoms with Gasteiger partial charge in [0.25, 0.3) is 11.8 Å². The number of hydrogen-bond acceptors (Lipinski definition) is 8. The van der Waals surface area contributed by atoms with Gasteiger partial charge in [0, 0.05) is 29.8 Å². The van der Waals surface area contributed by atoms with Crippen LogP contribution in [-0.4, -0.2) is 66.1 Å². The van der Waals surface area contributed by atoms with Gasteiger partial charge in [0.1, 0.15) is 11.6 Å². The number of hydrogen-bond donors (Lipinski definition) is 2. The summed E-state index contributed by atoms with van der Waals surface area (Å²) < 4.78 is 26.3. The summed E-state index contributed by atoms with van der Waals surface area (Å²) in [5, 5.41) is 10.5. The molecule has 3 aromatic carbocycles. The first-order chi connectivity index (χ1) is 23.6. The summed E-state index contributed by atoms with van der Waals surface area (Å²) in [6.07, 6.45) is 2.83. The summed E-state index contributed by atoms with van der Waals surface area (Å²) in [5.74, 6) is -2.48.